The van der Waals surface area contributed by atoms with E-state index in [2.05, 4.69) is 10.7 Å². The molecule has 0 aliphatic carbocycles. The number of non-ortho nitro benzene ring substituents is 1. The summed E-state index contributed by atoms with van der Waals surface area (Å²) in [4.78, 5) is 10.2. The lowest BCUT2D eigenvalue weighted by atomic mass is 10.1. The number of hydrogen-bond acceptors (Lipinski definition) is 6. The highest BCUT2D eigenvalue weighted by Crippen LogP contribution is 2.24. The molecule has 0 spiro atoms. The molecule has 7 nitrogen and oxygen atoms in total. The summed E-state index contributed by atoms with van der Waals surface area (Å²) >= 11 is 0. The van der Waals surface area contributed by atoms with Gasteiger partial charge in [-0.3, -0.25) is 16.0 Å². The predicted molar refractivity (Wildman–Crippen MR) is 65.7 cm³/mol. The molecular weight excluding hydrogens is 224 g/mol. The van der Waals surface area contributed by atoms with Gasteiger partial charge in [0.1, 0.15) is 0 Å². The standard InChI is InChI=1S/C10H16N4O3/c1-10(2,15)6-12-7-3-8(13-11)5-9(4-7)14(16)17/h3-5,12-13,15H,6,11H2,1-2H3. The van der Waals surface area contributed by atoms with E-state index >= 15 is 0 Å². The number of hydrogen-bond donors (Lipinski definition) is 4. The zero-order valence-corrected chi connectivity index (χ0v) is 9.73. The van der Waals surface area contributed by atoms with Crippen molar-refractivity contribution in [3.63, 3.8) is 0 Å². The number of nitro groups is 1. The Bertz CT molecular complexity index is 415. The van der Waals surface area contributed by atoms with Gasteiger partial charge in [0.2, 0.25) is 0 Å². The number of hydrazine groups is 1. The molecule has 1 aromatic rings. The van der Waals surface area contributed by atoms with E-state index in [0.29, 0.717) is 11.4 Å². The molecule has 0 saturated carbocycles. The summed E-state index contributed by atoms with van der Waals surface area (Å²) in [6.45, 7) is 3.55. The molecule has 0 saturated heterocycles. The molecule has 17 heavy (non-hydrogen) atoms. The van der Waals surface area contributed by atoms with Gasteiger partial charge >= 0.3 is 0 Å². The van der Waals surface area contributed by atoms with Crippen molar-refractivity contribution >= 4 is 17.1 Å². The van der Waals surface area contributed by atoms with Crippen LogP contribution in [0.25, 0.3) is 0 Å². The maximum atomic E-state index is 10.7. The number of nitrogens with one attached hydrogen (secondary N) is 2. The topological polar surface area (TPSA) is 113 Å². The minimum atomic E-state index is -0.902. The predicted octanol–water partition coefficient (Wildman–Crippen LogP) is 1.06. The highest BCUT2D eigenvalue weighted by molar-refractivity contribution is 5.63. The van der Waals surface area contributed by atoms with Crippen molar-refractivity contribution < 1.29 is 10.0 Å². The second kappa shape index (κ2) is 4.98. The minimum absolute atomic E-state index is 0.0707. The average Bonchev–Trinajstić information content (AvgIpc) is 2.25. The van der Waals surface area contributed by atoms with Crippen LogP contribution in [0.4, 0.5) is 17.1 Å². The number of nitrogens with zero attached hydrogens (tertiary/aromatic N) is 1. The Balaban J connectivity index is 2.91. The Morgan fingerprint density at radius 1 is 1.41 bits per heavy atom. The minimum Gasteiger partial charge on any atom is -0.389 e. The third kappa shape index (κ3) is 4.25. The molecule has 94 valence electrons. The molecule has 0 radical (unpaired) electrons. The van der Waals surface area contributed by atoms with Crippen LogP contribution in [0, 0.1) is 10.1 Å². The monoisotopic (exact) mass is 240 g/mol. The lowest BCUT2D eigenvalue weighted by molar-refractivity contribution is -0.384. The number of nitrogen functional groups attached to an aromatic ring is 1. The number of benzene rings is 1. The molecule has 0 bridgehead atoms. The molecule has 1 rings (SSSR count). The van der Waals surface area contributed by atoms with Gasteiger partial charge < -0.3 is 15.8 Å². The van der Waals surface area contributed by atoms with Crippen LogP contribution in [-0.2, 0) is 0 Å². The number of anilines is 2. The van der Waals surface area contributed by atoms with Gasteiger partial charge in [0.25, 0.3) is 5.69 Å². The fourth-order valence-corrected chi connectivity index (χ4v) is 1.22. The van der Waals surface area contributed by atoms with Gasteiger partial charge in [-0.1, -0.05) is 0 Å². The van der Waals surface area contributed by atoms with Crippen LogP contribution in [0.1, 0.15) is 13.8 Å². The second-order valence-electron chi connectivity index (χ2n) is 4.34. The summed E-state index contributed by atoms with van der Waals surface area (Å²) < 4.78 is 0. The summed E-state index contributed by atoms with van der Waals surface area (Å²) in [5, 5.41) is 23.1. The van der Waals surface area contributed by atoms with Crippen LogP contribution in [-0.4, -0.2) is 22.2 Å². The number of nitro benzene ring substituents is 1. The summed E-state index contributed by atoms with van der Waals surface area (Å²) in [6.07, 6.45) is 0. The molecular formula is C10H16N4O3. The van der Waals surface area contributed by atoms with Crippen molar-refractivity contribution in [1.29, 1.82) is 0 Å². The van der Waals surface area contributed by atoms with E-state index < -0.39 is 10.5 Å². The zero-order chi connectivity index (χ0) is 13.1. The second-order valence-corrected chi connectivity index (χ2v) is 4.34. The molecule has 0 aliphatic rings. The fraction of sp³-hybridized carbons (Fsp3) is 0.400. The zero-order valence-electron chi connectivity index (χ0n) is 9.73. The Hall–Kier alpha value is -1.86. The van der Waals surface area contributed by atoms with Crippen LogP contribution >= 0.6 is 0 Å². The fourth-order valence-electron chi connectivity index (χ4n) is 1.22. The van der Waals surface area contributed by atoms with Gasteiger partial charge in [0.05, 0.1) is 16.2 Å². The van der Waals surface area contributed by atoms with Crippen molar-refractivity contribution in [3.05, 3.63) is 28.3 Å². The normalized spacial score (nSPS) is 11.1. The first-order valence-corrected chi connectivity index (χ1v) is 5.04. The summed E-state index contributed by atoms with van der Waals surface area (Å²) in [5.41, 5.74) is 2.33. The molecule has 0 unspecified atom stereocenters. The van der Waals surface area contributed by atoms with Crippen LogP contribution in [0.2, 0.25) is 0 Å². The Kier molecular flexibility index (Phi) is 3.87. The van der Waals surface area contributed by atoms with E-state index in [-0.39, 0.29) is 12.2 Å². The smallest absolute Gasteiger partial charge is 0.273 e. The molecule has 0 amide bonds. The van der Waals surface area contributed by atoms with Gasteiger partial charge in [-0.05, 0) is 19.9 Å². The maximum Gasteiger partial charge on any atom is 0.273 e. The Morgan fingerprint density at radius 3 is 2.47 bits per heavy atom. The number of aliphatic hydroxyl groups is 1. The Morgan fingerprint density at radius 2 is 2.00 bits per heavy atom. The van der Waals surface area contributed by atoms with Crippen LogP contribution in [0.3, 0.4) is 0 Å². The molecule has 0 aromatic heterocycles. The molecule has 1 aromatic carbocycles. The van der Waals surface area contributed by atoms with E-state index in [0.717, 1.165) is 0 Å². The molecule has 5 N–H and O–H groups in total. The highest BCUT2D eigenvalue weighted by atomic mass is 16.6. The van der Waals surface area contributed by atoms with Crippen LogP contribution < -0.4 is 16.6 Å². The van der Waals surface area contributed by atoms with E-state index in [1.165, 1.54) is 12.1 Å². The maximum absolute atomic E-state index is 10.7. The molecule has 7 heteroatoms. The van der Waals surface area contributed by atoms with Crippen molar-refractivity contribution in [3.8, 4) is 0 Å². The van der Waals surface area contributed by atoms with Gasteiger partial charge in [-0.15, -0.1) is 0 Å². The summed E-state index contributed by atoms with van der Waals surface area (Å²) in [5.74, 6) is 5.22. The number of rotatable bonds is 5. The quantitative estimate of drug-likeness (QED) is 0.348. The first kappa shape index (κ1) is 13.2. The molecule has 0 fully saturated rings. The van der Waals surface area contributed by atoms with Crippen molar-refractivity contribution in [1.82, 2.24) is 0 Å². The first-order valence-electron chi connectivity index (χ1n) is 5.04. The van der Waals surface area contributed by atoms with Crippen LogP contribution in [0.5, 0.6) is 0 Å². The van der Waals surface area contributed by atoms with E-state index in [1.54, 1.807) is 19.9 Å². The number of nitrogens with two attached hydrogens (primary N) is 1. The van der Waals surface area contributed by atoms with Gasteiger partial charge in [0, 0.05) is 24.4 Å². The molecule has 0 heterocycles. The SMILES string of the molecule is CC(C)(O)CNc1cc(NN)cc([N+](=O)[O-])c1. The lowest BCUT2D eigenvalue weighted by Gasteiger charge is -2.18. The molecule has 0 atom stereocenters. The van der Waals surface area contributed by atoms with Crippen molar-refractivity contribution in [2.75, 3.05) is 17.3 Å². The van der Waals surface area contributed by atoms with Gasteiger partial charge in [-0.25, -0.2) is 0 Å². The van der Waals surface area contributed by atoms with Crippen molar-refractivity contribution in [2.24, 2.45) is 5.84 Å². The average molecular weight is 240 g/mol. The highest BCUT2D eigenvalue weighted by Gasteiger charge is 2.14. The summed E-state index contributed by atoms with van der Waals surface area (Å²) in [7, 11) is 0. The van der Waals surface area contributed by atoms with E-state index in [9.17, 15) is 15.2 Å². The van der Waals surface area contributed by atoms with Gasteiger partial charge in [0.15, 0.2) is 0 Å². The van der Waals surface area contributed by atoms with E-state index in [4.69, 9.17) is 5.84 Å². The lowest BCUT2D eigenvalue weighted by Crippen LogP contribution is -2.29. The van der Waals surface area contributed by atoms with Gasteiger partial charge in [-0.2, -0.15) is 0 Å². The molecule has 0 aliphatic heterocycles. The third-order valence-electron chi connectivity index (χ3n) is 2.02. The first-order chi connectivity index (χ1) is 7.81. The largest absolute Gasteiger partial charge is 0.389 e. The van der Waals surface area contributed by atoms with Crippen LogP contribution in [0.15, 0.2) is 18.2 Å². The Labute approximate surface area is 98.7 Å². The van der Waals surface area contributed by atoms with Crippen molar-refractivity contribution in [2.45, 2.75) is 19.4 Å². The summed E-state index contributed by atoms with van der Waals surface area (Å²) in [6, 6.07) is 4.33. The third-order valence-corrected chi connectivity index (χ3v) is 2.02. The van der Waals surface area contributed by atoms with E-state index in [1.807, 2.05) is 0 Å².